The standard InChI is InChI=1S/C17H23N3O2S/c1-12-10-13(6-7-15(12)20-8-2-5-16(20)21)19-17(23)18-11-14-4-3-9-22-14/h6-7,10,14H,2-5,8-9,11H2,1H3,(H2,18,19,23). The Balaban J connectivity index is 1.56. The number of carbonyl (C=O) groups is 1. The number of thiocarbonyl (C=S) groups is 1. The largest absolute Gasteiger partial charge is 0.376 e. The van der Waals surface area contributed by atoms with Crippen LogP contribution < -0.4 is 15.5 Å². The minimum absolute atomic E-state index is 0.211. The zero-order valence-corrected chi connectivity index (χ0v) is 14.2. The molecule has 2 heterocycles. The monoisotopic (exact) mass is 333 g/mol. The van der Waals surface area contributed by atoms with E-state index in [1.165, 1.54) is 0 Å². The molecule has 3 rings (SSSR count). The third-order valence-electron chi connectivity index (χ3n) is 4.33. The molecule has 2 aliphatic rings. The molecule has 1 aromatic carbocycles. The van der Waals surface area contributed by atoms with Crippen LogP contribution in [0, 0.1) is 6.92 Å². The summed E-state index contributed by atoms with van der Waals surface area (Å²) in [6, 6.07) is 5.98. The van der Waals surface area contributed by atoms with Gasteiger partial charge in [-0.05, 0) is 62.2 Å². The van der Waals surface area contributed by atoms with Crippen LogP contribution >= 0.6 is 12.2 Å². The zero-order valence-electron chi connectivity index (χ0n) is 13.4. The summed E-state index contributed by atoms with van der Waals surface area (Å²) in [6.45, 7) is 4.43. The summed E-state index contributed by atoms with van der Waals surface area (Å²) in [7, 11) is 0. The van der Waals surface area contributed by atoms with Crippen molar-refractivity contribution in [3.63, 3.8) is 0 Å². The third-order valence-corrected chi connectivity index (χ3v) is 4.58. The quantitative estimate of drug-likeness (QED) is 0.830. The summed E-state index contributed by atoms with van der Waals surface area (Å²) in [5, 5.41) is 7.00. The number of hydrogen-bond donors (Lipinski definition) is 2. The van der Waals surface area contributed by atoms with E-state index in [4.69, 9.17) is 17.0 Å². The van der Waals surface area contributed by atoms with Gasteiger partial charge >= 0.3 is 0 Å². The van der Waals surface area contributed by atoms with Gasteiger partial charge in [0.2, 0.25) is 5.91 Å². The molecule has 2 fully saturated rings. The maximum absolute atomic E-state index is 11.9. The molecule has 2 N–H and O–H groups in total. The van der Waals surface area contributed by atoms with Crippen LogP contribution in [0.4, 0.5) is 11.4 Å². The first kappa shape index (κ1) is 16.2. The Morgan fingerprint density at radius 2 is 2.30 bits per heavy atom. The number of amides is 1. The fourth-order valence-corrected chi connectivity index (χ4v) is 3.33. The van der Waals surface area contributed by atoms with Gasteiger partial charge in [-0.15, -0.1) is 0 Å². The Morgan fingerprint density at radius 3 is 2.96 bits per heavy atom. The molecule has 1 atom stereocenters. The number of anilines is 2. The average molecular weight is 333 g/mol. The number of carbonyl (C=O) groups excluding carboxylic acids is 1. The van der Waals surface area contributed by atoms with E-state index >= 15 is 0 Å². The topological polar surface area (TPSA) is 53.6 Å². The second-order valence-electron chi connectivity index (χ2n) is 6.12. The van der Waals surface area contributed by atoms with Crippen LogP contribution in [-0.4, -0.2) is 36.8 Å². The van der Waals surface area contributed by atoms with E-state index in [9.17, 15) is 4.79 Å². The van der Waals surface area contributed by atoms with Crippen molar-refractivity contribution in [3.8, 4) is 0 Å². The van der Waals surface area contributed by atoms with Gasteiger partial charge in [-0.3, -0.25) is 4.79 Å². The molecule has 5 nitrogen and oxygen atoms in total. The van der Waals surface area contributed by atoms with Crippen LogP contribution in [-0.2, 0) is 9.53 Å². The average Bonchev–Trinajstić information content (AvgIpc) is 3.17. The predicted octanol–water partition coefficient (Wildman–Crippen LogP) is 2.59. The second kappa shape index (κ2) is 7.27. The molecule has 6 heteroatoms. The van der Waals surface area contributed by atoms with Crippen LogP contribution in [0.5, 0.6) is 0 Å². The summed E-state index contributed by atoms with van der Waals surface area (Å²) >= 11 is 5.33. The van der Waals surface area contributed by atoms with Crippen molar-refractivity contribution in [2.75, 3.05) is 29.9 Å². The first-order valence-electron chi connectivity index (χ1n) is 8.21. The highest BCUT2D eigenvalue weighted by atomic mass is 32.1. The molecule has 2 saturated heterocycles. The highest BCUT2D eigenvalue weighted by molar-refractivity contribution is 7.80. The number of nitrogens with one attached hydrogen (secondary N) is 2. The van der Waals surface area contributed by atoms with Crippen LogP contribution in [0.1, 0.15) is 31.2 Å². The second-order valence-corrected chi connectivity index (χ2v) is 6.53. The van der Waals surface area contributed by atoms with Crippen molar-refractivity contribution in [2.45, 2.75) is 38.7 Å². The molecule has 2 aliphatic heterocycles. The molecule has 0 spiro atoms. The van der Waals surface area contributed by atoms with E-state index in [-0.39, 0.29) is 12.0 Å². The summed E-state index contributed by atoms with van der Waals surface area (Å²) in [5.74, 6) is 0.211. The summed E-state index contributed by atoms with van der Waals surface area (Å²) in [6.07, 6.45) is 4.07. The Bertz CT molecular complexity index is 600. The van der Waals surface area contributed by atoms with E-state index in [0.29, 0.717) is 11.5 Å². The van der Waals surface area contributed by atoms with Crippen LogP contribution in [0.15, 0.2) is 18.2 Å². The van der Waals surface area contributed by atoms with Gasteiger partial charge in [0.25, 0.3) is 0 Å². The molecule has 1 amide bonds. The molecule has 1 unspecified atom stereocenters. The maximum atomic E-state index is 11.9. The predicted molar refractivity (Wildman–Crippen MR) is 96.0 cm³/mol. The van der Waals surface area contributed by atoms with Crippen molar-refractivity contribution in [1.82, 2.24) is 5.32 Å². The molecule has 0 aliphatic carbocycles. The molecule has 0 radical (unpaired) electrons. The molecular weight excluding hydrogens is 310 g/mol. The third kappa shape index (κ3) is 4.00. The Hall–Kier alpha value is -1.66. The Morgan fingerprint density at radius 1 is 1.43 bits per heavy atom. The molecule has 124 valence electrons. The lowest BCUT2D eigenvalue weighted by molar-refractivity contribution is -0.117. The lowest BCUT2D eigenvalue weighted by Gasteiger charge is -2.20. The molecule has 0 saturated carbocycles. The number of rotatable bonds is 4. The number of hydrogen-bond acceptors (Lipinski definition) is 3. The summed E-state index contributed by atoms with van der Waals surface area (Å²) in [4.78, 5) is 13.7. The van der Waals surface area contributed by atoms with Crippen molar-refractivity contribution < 1.29 is 9.53 Å². The molecule has 0 aromatic heterocycles. The normalized spacial score (nSPS) is 20.8. The fourth-order valence-electron chi connectivity index (χ4n) is 3.13. The van der Waals surface area contributed by atoms with Gasteiger partial charge in [-0.25, -0.2) is 0 Å². The van der Waals surface area contributed by atoms with Gasteiger partial charge in [-0.2, -0.15) is 0 Å². The van der Waals surface area contributed by atoms with Crippen molar-refractivity contribution in [2.24, 2.45) is 0 Å². The van der Waals surface area contributed by atoms with Crippen LogP contribution in [0.2, 0.25) is 0 Å². The van der Waals surface area contributed by atoms with Gasteiger partial charge in [0.05, 0.1) is 6.10 Å². The van der Waals surface area contributed by atoms with Gasteiger partial charge in [0.15, 0.2) is 5.11 Å². The minimum atomic E-state index is 0.211. The molecule has 23 heavy (non-hydrogen) atoms. The summed E-state index contributed by atoms with van der Waals surface area (Å²) < 4.78 is 5.57. The number of aryl methyl sites for hydroxylation is 1. The zero-order chi connectivity index (χ0) is 16.2. The van der Waals surface area contributed by atoms with E-state index in [0.717, 1.165) is 55.9 Å². The minimum Gasteiger partial charge on any atom is -0.376 e. The summed E-state index contributed by atoms with van der Waals surface area (Å²) in [5.41, 5.74) is 3.01. The molecule has 1 aromatic rings. The van der Waals surface area contributed by atoms with Crippen LogP contribution in [0.25, 0.3) is 0 Å². The fraction of sp³-hybridized carbons (Fsp3) is 0.529. The highest BCUT2D eigenvalue weighted by Crippen LogP contribution is 2.27. The first-order valence-corrected chi connectivity index (χ1v) is 8.62. The maximum Gasteiger partial charge on any atom is 0.227 e. The highest BCUT2D eigenvalue weighted by Gasteiger charge is 2.23. The Labute approximate surface area is 142 Å². The van der Waals surface area contributed by atoms with E-state index in [1.807, 2.05) is 30.0 Å². The van der Waals surface area contributed by atoms with Gasteiger partial charge in [0.1, 0.15) is 0 Å². The smallest absolute Gasteiger partial charge is 0.227 e. The first-order chi connectivity index (χ1) is 11.1. The van der Waals surface area contributed by atoms with Gasteiger partial charge in [0, 0.05) is 37.5 Å². The lowest BCUT2D eigenvalue weighted by atomic mass is 10.1. The van der Waals surface area contributed by atoms with Crippen molar-refractivity contribution in [1.29, 1.82) is 0 Å². The lowest BCUT2D eigenvalue weighted by Crippen LogP contribution is -2.34. The molecule has 0 bridgehead atoms. The number of benzene rings is 1. The van der Waals surface area contributed by atoms with E-state index in [2.05, 4.69) is 10.6 Å². The SMILES string of the molecule is Cc1cc(NC(=S)NCC2CCCO2)ccc1N1CCCC1=O. The van der Waals surface area contributed by atoms with Crippen molar-refractivity contribution >= 4 is 34.6 Å². The number of ether oxygens (including phenoxy) is 1. The van der Waals surface area contributed by atoms with Crippen LogP contribution in [0.3, 0.4) is 0 Å². The number of nitrogens with zero attached hydrogens (tertiary/aromatic N) is 1. The van der Waals surface area contributed by atoms with E-state index < -0.39 is 0 Å². The van der Waals surface area contributed by atoms with Crippen molar-refractivity contribution in [3.05, 3.63) is 23.8 Å². The van der Waals surface area contributed by atoms with E-state index in [1.54, 1.807) is 0 Å². The van der Waals surface area contributed by atoms with Gasteiger partial charge in [-0.1, -0.05) is 0 Å². The van der Waals surface area contributed by atoms with Gasteiger partial charge < -0.3 is 20.3 Å². The Kier molecular flexibility index (Phi) is 5.13. The molecular formula is C17H23N3O2S.